The van der Waals surface area contributed by atoms with Crippen LogP contribution in [0.5, 0.6) is 0 Å². The van der Waals surface area contributed by atoms with Gasteiger partial charge in [-0.05, 0) is 76.5 Å². The van der Waals surface area contributed by atoms with Crippen molar-refractivity contribution in [3.8, 4) is 22.6 Å². The quantitative estimate of drug-likeness (QED) is 0.204. The Labute approximate surface area is 243 Å². The Morgan fingerprint density at radius 3 is 1.67 bits per heavy atom. The highest BCUT2D eigenvalue weighted by Crippen LogP contribution is 2.42. The Morgan fingerprint density at radius 1 is 0.405 bits per heavy atom. The number of hydrogen-bond acceptors (Lipinski definition) is 3. The molecule has 0 radical (unpaired) electrons. The number of nitrogens with zero attached hydrogens (tertiary/aromatic N) is 2. The number of anilines is 3. The number of oxazole rings is 1. The molecule has 0 fully saturated rings. The lowest BCUT2D eigenvalue weighted by Gasteiger charge is -2.26. The van der Waals surface area contributed by atoms with Crippen molar-refractivity contribution in [2.45, 2.75) is 0 Å². The molecular formula is C39H26N2O. The van der Waals surface area contributed by atoms with Crippen LogP contribution in [0.15, 0.2) is 162 Å². The van der Waals surface area contributed by atoms with Gasteiger partial charge < -0.3 is 9.32 Å². The summed E-state index contributed by atoms with van der Waals surface area (Å²) in [7, 11) is 0. The fourth-order valence-electron chi connectivity index (χ4n) is 5.86. The smallest absolute Gasteiger partial charge is 0.227 e. The molecule has 1 heterocycles. The third-order valence-corrected chi connectivity index (χ3v) is 7.87. The third kappa shape index (κ3) is 4.11. The monoisotopic (exact) mass is 538 g/mol. The van der Waals surface area contributed by atoms with Crippen LogP contribution < -0.4 is 4.90 Å². The molecule has 0 N–H and O–H groups in total. The molecule has 0 aliphatic rings. The largest absolute Gasteiger partial charge is 0.435 e. The lowest BCUT2D eigenvalue weighted by molar-refractivity contribution is 0.623. The van der Waals surface area contributed by atoms with Crippen LogP contribution in [0.25, 0.3) is 55.2 Å². The van der Waals surface area contributed by atoms with Crippen LogP contribution >= 0.6 is 0 Å². The summed E-state index contributed by atoms with van der Waals surface area (Å²) < 4.78 is 6.48. The van der Waals surface area contributed by atoms with Crippen molar-refractivity contribution < 1.29 is 4.42 Å². The van der Waals surface area contributed by atoms with Crippen LogP contribution in [0.4, 0.5) is 17.1 Å². The minimum Gasteiger partial charge on any atom is -0.435 e. The highest BCUT2D eigenvalue weighted by Gasteiger charge is 2.19. The summed E-state index contributed by atoms with van der Waals surface area (Å²) in [6.07, 6.45) is 0. The zero-order chi connectivity index (χ0) is 27.9. The van der Waals surface area contributed by atoms with E-state index in [1.807, 2.05) is 36.4 Å². The Bertz CT molecular complexity index is 2170. The SMILES string of the molecule is c1ccc(-c2ccc(N(c3ccccc3)c3ccc4c(c3)c3ccccc3c3nc(-c5ccccc5)oc43)cc2)cc1. The Kier molecular flexibility index (Phi) is 5.79. The molecule has 0 bridgehead atoms. The summed E-state index contributed by atoms with van der Waals surface area (Å²) in [6.45, 7) is 0. The molecule has 0 atom stereocenters. The molecule has 0 spiro atoms. The van der Waals surface area contributed by atoms with E-state index in [2.05, 4.69) is 126 Å². The van der Waals surface area contributed by atoms with Crippen molar-refractivity contribution in [3.05, 3.63) is 158 Å². The molecule has 42 heavy (non-hydrogen) atoms. The maximum Gasteiger partial charge on any atom is 0.227 e. The van der Waals surface area contributed by atoms with E-state index in [1.165, 1.54) is 11.1 Å². The molecule has 198 valence electrons. The summed E-state index contributed by atoms with van der Waals surface area (Å²) in [5, 5.41) is 4.42. The van der Waals surface area contributed by atoms with Crippen molar-refractivity contribution >= 4 is 49.7 Å². The fraction of sp³-hybridized carbons (Fsp3) is 0. The van der Waals surface area contributed by atoms with Crippen LogP contribution in [0.3, 0.4) is 0 Å². The number of rotatable bonds is 5. The van der Waals surface area contributed by atoms with Gasteiger partial charge >= 0.3 is 0 Å². The van der Waals surface area contributed by atoms with Gasteiger partial charge in [-0.25, -0.2) is 4.98 Å². The van der Waals surface area contributed by atoms with E-state index < -0.39 is 0 Å². The summed E-state index contributed by atoms with van der Waals surface area (Å²) in [5.41, 5.74) is 8.34. The van der Waals surface area contributed by atoms with Gasteiger partial charge in [0, 0.05) is 33.4 Å². The maximum atomic E-state index is 6.48. The van der Waals surface area contributed by atoms with Gasteiger partial charge in [0.2, 0.25) is 5.89 Å². The maximum absolute atomic E-state index is 6.48. The zero-order valence-electron chi connectivity index (χ0n) is 22.8. The van der Waals surface area contributed by atoms with E-state index in [0.29, 0.717) is 5.89 Å². The first kappa shape index (κ1) is 24.2. The summed E-state index contributed by atoms with van der Waals surface area (Å²) >= 11 is 0. The minimum atomic E-state index is 0.636. The van der Waals surface area contributed by atoms with Crippen molar-refractivity contribution in [2.75, 3.05) is 4.90 Å². The first-order valence-corrected chi connectivity index (χ1v) is 14.1. The Morgan fingerprint density at radius 2 is 0.952 bits per heavy atom. The topological polar surface area (TPSA) is 29.3 Å². The second kappa shape index (κ2) is 10.1. The van der Waals surface area contributed by atoms with Gasteiger partial charge in [0.05, 0.1) is 0 Å². The molecule has 0 amide bonds. The first-order chi connectivity index (χ1) is 20.8. The van der Waals surface area contributed by atoms with Crippen LogP contribution in [-0.4, -0.2) is 4.98 Å². The van der Waals surface area contributed by atoms with Gasteiger partial charge in [-0.2, -0.15) is 0 Å². The second-order valence-electron chi connectivity index (χ2n) is 10.4. The molecular weight excluding hydrogens is 512 g/mol. The Hall–Kier alpha value is -5.67. The first-order valence-electron chi connectivity index (χ1n) is 14.1. The lowest BCUT2D eigenvalue weighted by Crippen LogP contribution is -2.09. The molecule has 8 aromatic rings. The van der Waals surface area contributed by atoms with E-state index in [1.54, 1.807) is 0 Å². The highest BCUT2D eigenvalue weighted by atomic mass is 16.3. The summed E-state index contributed by atoms with van der Waals surface area (Å²) in [5.74, 6) is 0.636. The molecule has 0 saturated heterocycles. The molecule has 0 aliphatic carbocycles. The van der Waals surface area contributed by atoms with Gasteiger partial charge in [-0.3, -0.25) is 0 Å². The molecule has 3 nitrogen and oxygen atoms in total. The zero-order valence-corrected chi connectivity index (χ0v) is 22.8. The number of benzene rings is 7. The molecule has 3 heteroatoms. The van der Waals surface area contributed by atoms with Crippen molar-refractivity contribution in [1.82, 2.24) is 4.98 Å². The van der Waals surface area contributed by atoms with Crippen LogP contribution in [0.1, 0.15) is 0 Å². The van der Waals surface area contributed by atoms with Gasteiger partial charge in [0.25, 0.3) is 0 Å². The minimum absolute atomic E-state index is 0.636. The van der Waals surface area contributed by atoms with E-state index in [0.717, 1.165) is 55.3 Å². The second-order valence-corrected chi connectivity index (χ2v) is 10.4. The average Bonchev–Trinajstić information content (AvgIpc) is 3.53. The van der Waals surface area contributed by atoms with Crippen LogP contribution in [-0.2, 0) is 0 Å². The fourth-order valence-corrected chi connectivity index (χ4v) is 5.86. The molecule has 0 unspecified atom stereocenters. The summed E-state index contributed by atoms with van der Waals surface area (Å²) in [4.78, 5) is 7.28. The van der Waals surface area contributed by atoms with Gasteiger partial charge in [0.1, 0.15) is 5.52 Å². The van der Waals surface area contributed by atoms with E-state index in [4.69, 9.17) is 9.40 Å². The predicted molar refractivity (Wildman–Crippen MR) is 175 cm³/mol. The number of para-hydroxylation sites is 1. The molecule has 0 saturated carbocycles. The molecule has 8 rings (SSSR count). The molecule has 7 aromatic carbocycles. The van der Waals surface area contributed by atoms with Crippen molar-refractivity contribution in [1.29, 1.82) is 0 Å². The van der Waals surface area contributed by atoms with E-state index in [-0.39, 0.29) is 0 Å². The lowest BCUT2D eigenvalue weighted by atomic mass is 9.99. The predicted octanol–water partition coefficient (Wildman–Crippen LogP) is 10.9. The Balaban J connectivity index is 1.32. The normalized spacial score (nSPS) is 11.3. The van der Waals surface area contributed by atoms with E-state index >= 15 is 0 Å². The standard InChI is InChI=1S/C39H26N2O/c1-4-12-27(13-5-1)28-20-22-31(23-21-28)41(30-16-8-3-9-17-30)32-24-25-35-36(26-32)33-18-10-11-19-34(33)37-38(35)42-39(40-37)29-14-6-2-7-15-29/h1-26H. The third-order valence-electron chi connectivity index (χ3n) is 7.87. The van der Waals surface area contributed by atoms with Crippen molar-refractivity contribution in [2.24, 2.45) is 0 Å². The van der Waals surface area contributed by atoms with Gasteiger partial charge in [-0.1, -0.05) is 103 Å². The number of aromatic nitrogens is 1. The number of fused-ring (bicyclic) bond motifs is 6. The molecule has 1 aromatic heterocycles. The van der Waals surface area contributed by atoms with Crippen LogP contribution in [0, 0.1) is 0 Å². The molecule has 0 aliphatic heterocycles. The van der Waals surface area contributed by atoms with E-state index in [9.17, 15) is 0 Å². The van der Waals surface area contributed by atoms with Crippen molar-refractivity contribution in [3.63, 3.8) is 0 Å². The number of hydrogen-bond donors (Lipinski definition) is 0. The highest BCUT2D eigenvalue weighted by molar-refractivity contribution is 6.23. The van der Waals surface area contributed by atoms with Gasteiger partial charge in [0.15, 0.2) is 5.58 Å². The van der Waals surface area contributed by atoms with Crippen LogP contribution in [0.2, 0.25) is 0 Å². The average molecular weight is 539 g/mol. The van der Waals surface area contributed by atoms with Gasteiger partial charge in [-0.15, -0.1) is 0 Å². The summed E-state index contributed by atoms with van der Waals surface area (Å²) in [6, 6.07) is 55.0.